The van der Waals surface area contributed by atoms with E-state index in [-0.39, 0.29) is 11.7 Å². The molecule has 0 radical (unpaired) electrons. The fourth-order valence-electron chi connectivity index (χ4n) is 2.69. The first-order chi connectivity index (χ1) is 12.1. The van der Waals surface area contributed by atoms with Crippen LogP contribution in [0.2, 0.25) is 0 Å². The third-order valence-electron chi connectivity index (χ3n) is 3.69. The van der Waals surface area contributed by atoms with Crippen molar-refractivity contribution in [2.24, 2.45) is 0 Å². The molecule has 0 saturated heterocycles. The number of nitrogens with one attached hydrogen (secondary N) is 1. The zero-order chi connectivity index (χ0) is 18.0. The number of hydrogen-bond acceptors (Lipinski definition) is 5. The average Bonchev–Trinajstić information content (AvgIpc) is 2.99. The van der Waals surface area contributed by atoms with Crippen molar-refractivity contribution in [1.82, 2.24) is 14.5 Å². The van der Waals surface area contributed by atoms with Crippen molar-refractivity contribution >= 4 is 22.8 Å². The predicted molar refractivity (Wildman–Crippen MR) is 86.4 cm³/mol. The molecule has 0 fully saturated rings. The van der Waals surface area contributed by atoms with Gasteiger partial charge in [0, 0.05) is 16.5 Å². The molecule has 0 aliphatic rings. The maximum Gasteiger partial charge on any atom is 0.450 e. The smallest absolute Gasteiger partial charge is 0.450 e. The monoisotopic (exact) mass is 348 g/mol. The lowest BCUT2D eigenvalue weighted by molar-refractivity contribution is -0.0544. The van der Waals surface area contributed by atoms with E-state index in [1.54, 1.807) is 12.1 Å². The number of methoxy groups -OCH3 is 1. The number of amides is 1. The highest BCUT2D eigenvalue weighted by molar-refractivity contribution is 5.91. The largest absolute Gasteiger partial charge is 0.481 e. The number of hydrogen-bond donors (Lipinski definition) is 1. The standard InChI is InChI=1S/C16H14F2N4O3/c1-3-22-12(11-6-10(17)7-20-15(11)24-2)4-9-5-14(19-8-13(9)22)21-16(23)25-18/h4-8H,3H2,1-2H3,(H,19,21,23). The van der Waals surface area contributed by atoms with Crippen molar-refractivity contribution in [3.63, 3.8) is 0 Å². The van der Waals surface area contributed by atoms with Gasteiger partial charge in [-0.25, -0.2) is 24.1 Å². The van der Waals surface area contributed by atoms with Gasteiger partial charge in [0.1, 0.15) is 11.6 Å². The van der Waals surface area contributed by atoms with Crippen LogP contribution in [0.3, 0.4) is 0 Å². The van der Waals surface area contributed by atoms with E-state index in [4.69, 9.17) is 4.74 Å². The summed E-state index contributed by atoms with van der Waals surface area (Å²) >= 11 is 0. The van der Waals surface area contributed by atoms with Crippen LogP contribution in [0.15, 0.2) is 30.6 Å². The van der Waals surface area contributed by atoms with Gasteiger partial charge in [0.05, 0.1) is 36.3 Å². The van der Waals surface area contributed by atoms with Crippen molar-refractivity contribution < 1.29 is 23.4 Å². The molecule has 130 valence electrons. The van der Waals surface area contributed by atoms with E-state index in [0.29, 0.717) is 23.2 Å². The van der Waals surface area contributed by atoms with Gasteiger partial charge < -0.3 is 9.30 Å². The van der Waals surface area contributed by atoms with E-state index >= 15 is 0 Å². The summed E-state index contributed by atoms with van der Waals surface area (Å²) < 4.78 is 32.6. The molecule has 3 rings (SSSR count). The predicted octanol–water partition coefficient (Wildman–Crippen LogP) is 3.70. The molecule has 7 nitrogen and oxygen atoms in total. The summed E-state index contributed by atoms with van der Waals surface area (Å²) in [6, 6.07) is 4.67. The summed E-state index contributed by atoms with van der Waals surface area (Å²) in [5.74, 6) is -0.0830. The third kappa shape index (κ3) is 3.08. The van der Waals surface area contributed by atoms with Crippen LogP contribution in [0.4, 0.5) is 19.5 Å². The summed E-state index contributed by atoms with van der Waals surface area (Å²) in [4.78, 5) is 22.0. The molecular formula is C16H14F2N4O3. The lowest BCUT2D eigenvalue weighted by Crippen LogP contribution is -2.10. The Labute approximate surface area is 141 Å². The van der Waals surface area contributed by atoms with Gasteiger partial charge in [-0.3, -0.25) is 5.32 Å². The summed E-state index contributed by atoms with van der Waals surface area (Å²) in [5, 5.41) is 2.86. The average molecular weight is 348 g/mol. The summed E-state index contributed by atoms with van der Waals surface area (Å²) in [5.41, 5.74) is 1.91. The number of aryl methyl sites for hydroxylation is 1. The van der Waals surface area contributed by atoms with Crippen molar-refractivity contribution in [2.45, 2.75) is 13.5 Å². The number of nitrogens with zero attached hydrogens (tertiary/aromatic N) is 3. The van der Waals surface area contributed by atoms with Crippen LogP contribution in [-0.2, 0) is 11.5 Å². The van der Waals surface area contributed by atoms with E-state index in [2.05, 4.69) is 20.2 Å². The van der Waals surface area contributed by atoms with Gasteiger partial charge >= 0.3 is 6.09 Å². The van der Waals surface area contributed by atoms with Crippen molar-refractivity contribution in [1.29, 1.82) is 0 Å². The number of fused-ring (bicyclic) bond motifs is 1. The Hall–Kier alpha value is -3.23. The second-order valence-corrected chi connectivity index (χ2v) is 5.10. The molecular weight excluding hydrogens is 334 g/mol. The number of carbonyl (C=O) groups excluding carboxylic acids is 1. The second-order valence-electron chi connectivity index (χ2n) is 5.10. The fraction of sp³-hybridized carbons (Fsp3) is 0.188. The minimum Gasteiger partial charge on any atom is -0.481 e. The van der Waals surface area contributed by atoms with Crippen LogP contribution in [0.1, 0.15) is 6.92 Å². The maximum absolute atomic E-state index is 13.7. The van der Waals surface area contributed by atoms with E-state index in [1.165, 1.54) is 19.4 Å². The first-order valence-electron chi connectivity index (χ1n) is 7.36. The number of anilines is 1. The minimum atomic E-state index is -1.27. The van der Waals surface area contributed by atoms with Crippen molar-refractivity contribution in [3.05, 3.63) is 36.4 Å². The van der Waals surface area contributed by atoms with Gasteiger partial charge in [-0.2, -0.15) is 0 Å². The van der Waals surface area contributed by atoms with Gasteiger partial charge in [-0.15, -0.1) is 0 Å². The zero-order valence-corrected chi connectivity index (χ0v) is 13.4. The maximum atomic E-state index is 13.7. The molecule has 0 unspecified atom stereocenters. The highest BCUT2D eigenvalue weighted by Gasteiger charge is 2.17. The number of halogens is 2. The number of rotatable bonds is 4. The van der Waals surface area contributed by atoms with Gasteiger partial charge in [0.2, 0.25) is 5.88 Å². The molecule has 25 heavy (non-hydrogen) atoms. The Bertz CT molecular complexity index is 943. The van der Waals surface area contributed by atoms with Crippen LogP contribution >= 0.6 is 0 Å². The summed E-state index contributed by atoms with van der Waals surface area (Å²) in [7, 11) is 1.45. The Kier molecular flexibility index (Phi) is 4.46. The Morgan fingerprint density at radius 2 is 2.08 bits per heavy atom. The second kappa shape index (κ2) is 6.71. The van der Waals surface area contributed by atoms with E-state index < -0.39 is 11.9 Å². The van der Waals surface area contributed by atoms with Crippen molar-refractivity contribution in [3.8, 4) is 17.1 Å². The van der Waals surface area contributed by atoms with Crippen LogP contribution in [0.5, 0.6) is 5.88 Å². The number of carbonyl (C=O) groups is 1. The van der Waals surface area contributed by atoms with E-state index in [9.17, 15) is 13.7 Å². The lowest BCUT2D eigenvalue weighted by Gasteiger charge is -2.11. The Morgan fingerprint density at radius 3 is 2.76 bits per heavy atom. The molecule has 1 N–H and O–H groups in total. The summed E-state index contributed by atoms with van der Waals surface area (Å²) in [6.07, 6.45) is 1.33. The third-order valence-corrected chi connectivity index (χ3v) is 3.69. The van der Waals surface area contributed by atoms with Crippen molar-refractivity contribution in [2.75, 3.05) is 12.4 Å². The quantitative estimate of drug-likeness (QED) is 0.778. The van der Waals surface area contributed by atoms with Crippen LogP contribution < -0.4 is 10.1 Å². The highest BCUT2D eigenvalue weighted by atomic mass is 19.3. The van der Waals surface area contributed by atoms with Gasteiger partial charge in [-0.1, -0.05) is 0 Å². The molecule has 0 saturated carbocycles. The number of pyridine rings is 2. The van der Waals surface area contributed by atoms with Crippen LogP contribution in [-0.4, -0.2) is 27.7 Å². The molecule has 0 aliphatic carbocycles. The molecule has 3 heterocycles. The van der Waals surface area contributed by atoms with Gasteiger partial charge in [-0.05, 0) is 25.1 Å². The molecule has 0 bridgehead atoms. The highest BCUT2D eigenvalue weighted by Crippen LogP contribution is 2.34. The molecule has 0 aliphatic heterocycles. The van der Waals surface area contributed by atoms with Crippen LogP contribution in [0.25, 0.3) is 22.2 Å². The molecule has 3 aromatic rings. The molecule has 9 heteroatoms. The Balaban J connectivity index is 2.16. The molecule has 1 amide bonds. The first kappa shape index (κ1) is 16.6. The molecule has 0 spiro atoms. The topological polar surface area (TPSA) is 78.3 Å². The fourth-order valence-corrected chi connectivity index (χ4v) is 2.69. The van der Waals surface area contributed by atoms with Gasteiger partial charge in [0.25, 0.3) is 0 Å². The van der Waals surface area contributed by atoms with Gasteiger partial charge in [0.15, 0.2) is 0 Å². The zero-order valence-electron chi connectivity index (χ0n) is 13.4. The number of aromatic nitrogens is 3. The molecule has 3 aromatic heterocycles. The number of ether oxygens (including phenoxy) is 1. The normalized spacial score (nSPS) is 10.7. The first-order valence-corrected chi connectivity index (χ1v) is 7.36. The SMILES string of the molecule is CCn1c(-c2cc(F)cnc2OC)cc2cc(NC(=O)OF)ncc21. The summed E-state index contributed by atoms with van der Waals surface area (Å²) in [6.45, 7) is 2.51. The minimum absolute atomic E-state index is 0.124. The molecule has 0 aromatic carbocycles. The van der Waals surface area contributed by atoms with E-state index in [0.717, 1.165) is 11.7 Å². The van der Waals surface area contributed by atoms with Crippen LogP contribution in [0, 0.1) is 5.82 Å². The van der Waals surface area contributed by atoms with E-state index in [1.807, 2.05) is 11.5 Å². The molecule has 0 atom stereocenters. The Morgan fingerprint density at radius 1 is 1.28 bits per heavy atom. The lowest BCUT2D eigenvalue weighted by atomic mass is 10.2.